The van der Waals surface area contributed by atoms with Crippen molar-refractivity contribution < 1.29 is 4.79 Å². The smallest absolute Gasteiger partial charge is 0.274 e. The molecule has 0 radical (unpaired) electrons. The topological polar surface area (TPSA) is 85.9 Å². The molecule has 3 heterocycles. The maximum Gasteiger partial charge on any atom is 0.274 e. The number of aryl methyl sites for hydroxylation is 3. The first-order valence-electron chi connectivity index (χ1n) is 8.26. The minimum Gasteiger partial charge on any atom is -0.335 e. The van der Waals surface area contributed by atoms with Gasteiger partial charge in [-0.1, -0.05) is 0 Å². The van der Waals surface area contributed by atoms with Gasteiger partial charge >= 0.3 is 0 Å². The summed E-state index contributed by atoms with van der Waals surface area (Å²) < 4.78 is 3.22. The standard InChI is InChI=1S/C16H22N6O2/c1-4-21-15(23)8-7-14(19-21)16(24)20-9-5-6-13(10-20)22-12(3)17-11(2)18-22/h7-8,13H,4-6,9-10H2,1-3H3. The molecule has 3 rings (SSSR count). The Bertz CT molecular complexity index is 809. The molecule has 0 bridgehead atoms. The van der Waals surface area contributed by atoms with E-state index < -0.39 is 0 Å². The molecule has 2 aromatic heterocycles. The van der Waals surface area contributed by atoms with E-state index in [0.717, 1.165) is 24.5 Å². The van der Waals surface area contributed by atoms with Gasteiger partial charge in [-0.25, -0.2) is 14.3 Å². The molecule has 8 heteroatoms. The van der Waals surface area contributed by atoms with Gasteiger partial charge in [0, 0.05) is 25.7 Å². The third kappa shape index (κ3) is 3.08. The Kier molecular flexibility index (Phi) is 4.46. The Labute approximate surface area is 140 Å². The monoisotopic (exact) mass is 330 g/mol. The minimum atomic E-state index is -0.195. The summed E-state index contributed by atoms with van der Waals surface area (Å²) in [5.74, 6) is 1.47. The van der Waals surface area contributed by atoms with Crippen molar-refractivity contribution in [1.82, 2.24) is 29.4 Å². The average molecular weight is 330 g/mol. The van der Waals surface area contributed by atoms with Gasteiger partial charge in [-0.15, -0.1) is 0 Å². The van der Waals surface area contributed by atoms with Crippen LogP contribution < -0.4 is 5.56 Å². The highest BCUT2D eigenvalue weighted by molar-refractivity contribution is 5.92. The van der Waals surface area contributed by atoms with E-state index >= 15 is 0 Å². The van der Waals surface area contributed by atoms with Gasteiger partial charge in [-0.3, -0.25) is 9.59 Å². The molecule has 0 saturated carbocycles. The van der Waals surface area contributed by atoms with E-state index in [9.17, 15) is 9.59 Å². The molecule has 1 aliphatic rings. The summed E-state index contributed by atoms with van der Waals surface area (Å²) in [6.07, 6.45) is 1.87. The molecule has 1 atom stereocenters. The maximum absolute atomic E-state index is 12.7. The van der Waals surface area contributed by atoms with E-state index in [1.54, 1.807) is 4.90 Å². The SMILES string of the molecule is CCn1nc(C(=O)N2CCCC(n3nc(C)nc3C)C2)ccc1=O. The van der Waals surface area contributed by atoms with E-state index in [1.165, 1.54) is 16.8 Å². The van der Waals surface area contributed by atoms with Crippen LogP contribution in [0, 0.1) is 13.8 Å². The second-order valence-electron chi connectivity index (χ2n) is 6.07. The first-order chi connectivity index (χ1) is 11.5. The third-order valence-electron chi connectivity index (χ3n) is 4.32. The molecule has 0 N–H and O–H groups in total. The first kappa shape index (κ1) is 16.4. The molecule has 1 unspecified atom stereocenters. The summed E-state index contributed by atoms with van der Waals surface area (Å²) in [4.78, 5) is 30.5. The minimum absolute atomic E-state index is 0.126. The van der Waals surface area contributed by atoms with Crippen LogP contribution >= 0.6 is 0 Å². The third-order valence-corrected chi connectivity index (χ3v) is 4.32. The predicted molar refractivity (Wildman–Crippen MR) is 87.8 cm³/mol. The molecule has 1 saturated heterocycles. The Hall–Kier alpha value is -2.51. The van der Waals surface area contributed by atoms with Crippen molar-refractivity contribution in [3.05, 3.63) is 39.8 Å². The quantitative estimate of drug-likeness (QED) is 0.836. The van der Waals surface area contributed by atoms with Gasteiger partial charge < -0.3 is 4.90 Å². The molecule has 1 aliphatic heterocycles. The van der Waals surface area contributed by atoms with Crippen LogP contribution in [0.4, 0.5) is 0 Å². The van der Waals surface area contributed by atoms with E-state index in [2.05, 4.69) is 15.2 Å². The maximum atomic E-state index is 12.7. The summed E-state index contributed by atoms with van der Waals surface area (Å²) in [7, 11) is 0. The Morgan fingerprint density at radius 2 is 2.08 bits per heavy atom. The van der Waals surface area contributed by atoms with Crippen molar-refractivity contribution in [1.29, 1.82) is 0 Å². The van der Waals surface area contributed by atoms with Crippen molar-refractivity contribution in [2.24, 2.45) is 0 Å². The van der Waals surface area contributed by atoms with Crippen LogP contribution in [-0.4, -0.2) is 48.4 Å². The number of aromatic nitrogens is 5. The number of hydrogen-bond donors (Lipinski definition) is 0. The number of amides is 1. The fraction of sp³-hybridized carbons (Fsp3) is 0.562. The zero-order valence-electron chi connectivity index (χ0n) is 14.3. The van der Waals surface area contributed by atoms with Crippen molar-refractivity contribution in [3.63, 3.8) is 0 Å². The van der Waals surface area contributed by atoms with Gasteiger partial charge in [0.05, 0.1) is 6.04 Å². The second-order valence-corrected chi connectivity index (χ2v) is 6.07. The molecule has 8 nitrogen and oxygen atoms in total. The summed E-state index contributed by atoms with van der Waals surface area (Å²) in [6.45, 7) is 7.34. The zero-order valence-corrected chi connectivity index (χ0v) is 14.3. The first-order valence-corrected chi connectivity index (χ1v) is 8.26. The number of hydrogen-bond acceptors (Lipinski definition) is 5. The van der Waals surface area contributed by atoms with Gasteiger partial charge in [-0.05, 0) is 39.7 Å². The predicted octanol–water partition coefficient (Wildman–Crippen LogP) is 0.949. The van der Waals surface area contributed by atoms with Crippen LogP contribution in [0.1, 0.15) is 47.9 Å². The molecule has 1 fully saturated rings. The lowest BCUT2D eigenvalue weighted by Gasteiger charge is -2.32. The number of carbonyl (C=O) groups excluding carboxylic acids is 1. The molecule has 2 aromatic rings. The largest absolute Gasteiger partial charge is 0.335 e. The molecular formula is C16H22N6O2. The Morgan fingerprint density at radius 3 is 2.75 bits per heavy atom. The van der Waals surface area contributed by atoms with Crippen LogP contribution in [0.15, 0.2) is 16.9 Å². The van der Waals surface area contributed by atoms with Crippen molar-refractivity contribution in [2.45, 2.75) is 46.2 Å². The van der Waals surface area contributed by atoms with Crippen molar-refractivity contribution in [2.75, 3.05) is 13.1 Å². The highest BCUT2D eigenvalue weighted by Crippen LogP contribution is 2.23. The van der Waals surface area contributed by atoms with Crippen LogP contribution in [0.3, 0.4) is 0 Å². The summed E-state index contributed by atoms with van der Waals surface area (Å²) in [5.41, 5.74) is 0.114. The Balaban J connectivity index is 1.80. The Morgan fingerprint density at radius 1 is 1.29 bits per heavy atom. The van der Waals surface area contributed by atoms with E-state index in [-0.39, 0.29) is 17.5 Å². The highest BCUT2D eigenvalue weighted by Gasteiger charge is 2.28. The average Bonchev–Trinajstić information content (AvgIpc) is 2.93. The summed E-state index contributed by atoms with van der Waals surface area (Å²) in [5, 5.41) is 8.61. The molecule has 128 valence electrons. The van der Waals surface area contributed by atoms with Gasteiger partial charge in [0.15, 0.2) is 0 Å². The molecule has 0 aromatic carbocycles. The van der Waals surface area contributed by atoms with Crippen LogP contribution in [0.25, 0.3) is 0 Å². The van der Waals surface area contributed by atoms with Gasteiger partial charge in [-0.2, -0.15) is 10.2 Å². The van der Waals surface area contributed by atoms with Gasteiger partial charge in [0.2, 0.25) is 0 Å². The fourth-order valence-corrected chi connectivity index (χ4v) is 3.17. The van der Waals surface area contributed by atoms with E-state index in [4.69, 9.17) is 0 Å². The van der Waals surface area contributed by atoms with E-state index in [1.807, 2.05) is 25.5 Å². The fourth-order valence-electron chi connectivity index (χ4n) is 3.17. The number of nitrogens with zero attached hydrogens (tertiary/aromatic N) is 6. The normalized spacial score (nSPS) is 18.0. The lowest BCUT2D eigenvalue weighted by Crippen LogP contribution is -2.42. The van der Waals surface area contributed by atoms with Crippen LogP contribution in [0.5, 0.6) is 0 Å². The molecule has 24 heavy (non-hydrogen) atoms. The number of rotatable bonds is 3. The zero-order chi connectivity index (χ0) is 17.3. The lowest BCUT2D eigenvalue weighted by atomic mass is 10.1. The molecule has 0 aliphatic carbocycles. The van der Waals surface area contributed by atoms with Crippen molar-refractivity contribution in [3.8, 4) is 0 Å². The highest BCUT2D eigenvalue weighted by atomic mass is 16.2. The number of piperidine rings is 1. The summed E-state index contributed by atoms with van der Waals surface area (Å²) >= 11 is 0. The molecule has 0 spiro atoms. The van der Waals surface area contributed by atoms with Crippen LogP contribution in [-0.2, 0) is 6.54 Å². The van der Waals surface area contributed by atoms with Crippen LogP contribution in [0.2, 0.25) is 0 Å². The van der Waals surface area contributed by atoms with Crippen molar-refractivity contribution >= 4 is 5.91 Å². The van der Waals surface area contributed by atoms with E-state index in [0.29, 0.717) is 25.3 Å². The van der Waals surface area contributed by atoms with Gasteiger partial charge in [0.25, 0.3) is 11.5 Å². The second kappa shape index (κ2) is 6.54. The molecular weight excluding hydrogens is 308 g/mol. The summed E-state index contributed by atoms with van der Waals surface area (Å²) in [6, 6.07) is 3.03. The number of likely N-dealkylation sites (tertiary alicyclic amines) is 1. The number of carbonyl (C=O) groups is 1. The van der Waals surface area contributed by atoms with Gasteiger partial charge in [0.1, 0.15) is 17.3 Å². The lowest BCUT2D eigenvalue weighted by molar-refractivity contribution is 0.0662. The molecule has 1 amide bonds.